The number of carbonyl (C=O) groups excluding carboxylic acids is 1. The van der Waals surface area contributed by atoms with E-state index < -0.39 is 11.9 Å². The summed E-state index contributed by atoms with van der Waals surface area (Å²) in [6.45, 7) is 0.307. The molecule has 4 aromatic rings. The molecule has 0 bridgehead atoms. The van der Waals surface area contributed by atoms with Crippen molar-refractivity contribution in [3.05, 3.63) is 112 Å². The van der Waals surface area contributed by atoms with Crippen LogP contribution in [0.2, 0.25) is 10.0 Å². The predicted octanol–water partition coefficient (Wildman–Crippen LogP) is 8.73. The zero-order valence-corrected chi connectivity index (χ0v) is 23.0. The number of hydrogen-bond donors (Lipinski definition) is 1. The Morgan fingerprint density at radius 1 is 0.875 bits per heavy atom. The normalized spacial score (nSPS) is 14.1. The fourth-order valence-corrected chi connectivity index (χ4v) is 4.96. The third kappa shape index (κ3) is 6.58. The van der Waals surface area contributed by atoms with E-state index in [4.69, 9.17) is 37.4 Å². The molecule has 0 radical (unpaired) electrons. The Hall–Kier alpha value is -4.00. The van der Waals surface area contributed by atoms with Gasteiger partial charge in [-0.1, -0.05) is 47.5 Å². The minimum absolute atomic E-state index is 0.0194. The fourth-order valence-electron chi connectivity index (χ4n) is 4.59. The Morgan fingerprint density at radius 2 is 1.60 bits per heavy atom. The second-order valence-electron chi connectivity index (χ2n) is 9.42. The highest BCUT2D eigenvalue weighted by Gasteiger charge is 2.29. The van der Waals surface area contributed by atoms with E-state index in [0.29, 0.717) is 71.4 Å². The summed E-state index contributed by atoms with van der Waals surface area (Å²) in [5, 5.41) is 10.3. The summed E-state index contributed by atoms with van der Waals surface area (Å²) < 4.78 is 17.6. The number of aryl methyl sites for hydroxylation is 1. The molecule has 1 atom stereocenters. The van der Waals surface area contributed by atoms with E-state index in [1.807, 2.05) is 42.5 Å². The Kier molecular flexibility index (Phi) is 8.58. The summed E-state index contributed by atoms with van der Waals surface area (Å²) >= 11 is 12.6. The lowest BCUT2D eigenvalue weighted by atomic mass is 9.93. The van der Waals surface area contributed by atoms with Gasteiger partial charge in [0.25, 0.3) is 0 Å². The van der Waals surface area contributed by atoms with Gasteiger partial charge in [-0.15, -0.1) is 0 Å². The molecular weight excluding hydrogens is 551 g/mol. The average molecular weight is 577 g/mol. The van der Waals surface area contributed by atoms with Gasteiger partial charge >= 0.3 is 5.97 Å². The molecule has 204 valence electrons. The Labute approximate surface area is 242 Å². The first kappa shape index (κ1) is 27.6. The fraction of sp³-hybridized carbons (Fsp3) is 0.188. The lowest BCUT2D eigenvalue weighted by Crippen LogP contribution is -2.20. The van der Waals surface area contributed by atoms with Crippen LogP contribution in [0.4, 0.5) is 0 Å². The molecule has 1 unspecified atom stereocenters. The number of hydrogen-bond acceptors (Lipinski definition) is 5. The van der Waals surface area contributed by atoms with Crippen molar-refractivity contribution in [2.24, 2.45) is 0 Å². The minimum Gasteiger partial charge on any atom is -0.493 e. The van der Waals surface area contributed by atoms with Crippen LogP contribution in [0, 0.1) is 0 Å². The second kappa shape index (κ2) is 12.5. The van der Waals surface area contributed by atoms with Crippen molar-refractivity contribution in [1.82, 2.24) is 0 Å². The second-order valence-corrected chi connectivity index (χ2v) is 10.3. The molecule has 0 fully saturated rings. The number of carbonyl (C=O) groups is 2. The molecule has 6 nitrogen and oxygen atoms in total. The van der Waals surface area contributed by atoms with Crippen molar-refractivity contribution >= 4 is 35.0 Å². The van der Waals surface area contributed by atoms with Crippen LogP contribution in [-0.4, -0.2) is 23.5 Å². The number of halogens is 2. The van der Waals surface area contributed by atoms with Crippen LogP contribution in [0.5, 0.6) is 28.7 Å². The minimum atomic E-state index is -0.913. The van der Waals surface area contributed by atoms with Gasteiger partial charge in [-0.2, -0.15) is 0 Å². The van der Waals surface area contributed by atoms with Gasteiger partial charge in [0.2, 0.25) is 0 Å². The van der Waals surface area contributed by atoms with Gasteiger partial charge in [-0.25, -0.2) is 0 Å². The van der Waals surface area contributed by atoms with Gasteiger partial charge in [0, 0.05) is 28.6 Å². The molecule has 40 heavy (non-hydrogen) atoms. The monoisotopic (exact) mass is 576 g/mol. The van der Waals surface area contributed by atoms with Crippen LogP contribution in [0.1, 0.15) is 46.7 Å². The van der Waals surface area contributed by atoms with Gasteiger partial charge < -0.3 is 19.3 Å². The number of aliphatic carboxylic acids is 1. The maximum Gasteiger partial charge on any atom is 0.311 e. The Morgan fingerprint density at radius 3 is 2.35 bits per heavy atom. The molecule has 1 N–H and O–H groups in total. The highest BCUT2D eigenvalue weighted by atomic mass is 35.5. The molecule has 0 saturated carbocycles. The summed E-state index contributed by atoms with van der Waals surface area (Å²) in [4.78, 5) is 24.4. The van der Waals surface area contributed by atoms with Gasteiger partial charge in [0.15, 0.2) is 5.78 Å². The quantitative estimate of drug-likeness (QED) is 0.190. The predicted molar refractivity (Wildman–Crippen MR) is 154 cm³/mol. The highest BCUT2D eigenvalue weighted by Crippen LogP contribution is 2.42. The third-order valence-corrected chi connectivity index (χ3v) is 7.19. The van der Waals surface area contributed by atoms with E-state index in [1.54, 1.807) is 42.5 Å². The summed E-state index contributed by atoms with van der Waals surface area (Å²) in [6, 6.07) is 25.1. The van der Waals surface area contributed by atoms with E-state index in [9.17, 15) is 14.7 Å². The molecule has 8 heteroatoms. The van der Waals surface area contributed by atoms with Crippen molar-refractivity contribution in [2.75, 3.05) is 6.61 Å². The van der Waals surface area contributed by atoms with Crippen molar-refractivity contribution in [3.8, 4) is 28.7 Å². The third-order valence-electron chi connectivity index (χ3n) is 6.66. The van der Waals surface area contributed by atoms with E-state index in [-0.39, 0.29) is 10.8 Å². The van der Waals surface area contributed by atoms with E-state index >= 15 is 0 Å². The molecule has 0 saturated heterocycles. The van der Waals surface area contributed by atoms with Crippen molar-refractivity contribution in [2.45, 2.75) is 31.6 Å². The molecule has 0 aliphatic carbocycles. The van der Waals surface area contributed by atoms with Crippen molar-refractivity contribution < 1.29 is 28.9 Å². The molecule has 0 amide bonds. The van der Waals surface area contributed by atoms with Crippen LogP contribution in [-0.2, 0) is 11.2 Å². The van der Waals surface area contributed by atoms with Gasteiger partial charge in [0.1, 0.15) is 28.7 Å². The first-order valence-corrected chi connectivity index (χ1v) is 13.6. The molecule has 0 spiro atoms. The summed E-state index contributed by atoms with van der Waals surface area (Å²) in [5.74, 6) is 1.13. The number of carboxylic acids is 1. The molecule has 5 rings (SSSR count). The molecular formula is C32H26Cl2O6. The number of Topliss-reactive ketones (excluding diaryl/α,β-unsaturated/α-hetero) is 1. The summed E-state index contributed by atoms with van der Waals surface area (Å²) in [5.41, 5.74) is 2.09. The lowest BCUT2D eigenvalue weighted by molar-refractivity contribution is -0.139. The van der Waals surface area contributed by atoms with E-state index in [1.165, 1.54) is 0 Å². The molecule has 1 aliphatic heterocycles. The van der Waals surface area contributed by atoms with Crippen LogP contribution >= 0.6 is 23.2 Å². The Balaban J connectivity index is 1.19. The summed E-state index contributed by atoms with van der Waals surface area (Å²) in [7, 11) is 0. The van der Waals surface area contributed by atoms with Crippen molar-refractivity contribution in [1.29, 1.82) is 0 Å². The Bertz CT molecular complexity index is 1520. The topological polar surface area (TPSA) is 82.1 Å². The first-order valence-electron chi connectivity index (χ1n) is 12.9. The standard InChI is InChI=1S/C32H26Cl2O6/c33-22-12-9-21(29(17-22)39-23-6-2-1-3-7-23)5-4-8-28(35)20-10-13-24(14-11-20)40-31-19-30-26(18-27(31)34)25(32(36)37)15-16-38-30/h1-3,6-7,9-14,17-19,25H,4-5,8,15-16H2,(H,36,37). The van der Waals surface area contributed by atoms with Crippen LogP contribution in [0.3, 0.4) is 0 Å². The zero-order valence-electron chi connectivity index (χ0n) is 21.4. The SMILES string of the molecule is O=C(CCCc1ccc(Cl)cc1Oc1ccccc1)c1ccc(Oc2cc3c(cc2Cl)C(C(=O)O)CCO3)cc1. The number of rotatable bonds is 10. The number of ether oxygens (including phenoxy) is 3. The number of benzene rings is 4. The number of carboxylic acid groups (broad SMARTS) is 1. The lowest BCUT2D eigenvalue weighted by Gasteiger charge is -2.24. The van der Waals surface area contributed by atoms with Gasteiger partial charge in [0.05, 0.1) is 17.5 Å². The maximum absolute atomic E-state index is 12.9. The smallest absolute Gasteiger partial charge is 0.311 e. The van der Waals surface area contributed by atoms with Crippen molar-refractivity contribution in [3.63, 3.8) is 0 Å². The zero-order chi connectivity index (χ0) is 28.1. The van der Waals surface area contributed by atoms with Crippen LogP contribution in [0.25, 0.3) is 0 Å². The first-order chi connectivity index (χ1) is 19.4. The average Bonchev–Trinajstić information content (AvgIpc) is 2.95. The number of fused-ring (bicyclic) bond motifs is 1. The molecule has 1 heterocycles. The van der Waals surface area contributed by atoms with Crippen LogP contribution in [0.15, 0.2) is 84.9 Å². The highest BCUT2D eigenvalue weighted by molar-refractivity contribution is 6.32. The molecule has 0 aromatic heterocycles. The molecule has 1 aliphatic rings. The summed E-state index contributed by atoms with van der Waals surface area (Å²) in [6.07, 6.45) is 2.06. The van der Waals surface area contributed by atoms with Gasteiger partial charge in [-0.05, 0) is 79.4 Å². The van der Waals surface area contributed by atoms with E-state index in [0.717, 1.165) is 11.3 Å². The number of para-hydroxylation sites is 1. The van der Waals surface area contributed by atoms with Crippen LogP contribution < -0.4 is 14.2 Å². The number of ketones is 1. The largest absolute Gasteiger partial charge is 0.493 e. The molecule has 4 aromatic carbocycles. The van der Waals surface area contributed by atoms with Gasteiger partial charge in [-0.3, -0.25) is 9.59 Å². The van der Waals surface area contributed by atoms with E-state index in [2.05, 4.69) is 0 Å². The maximum atomic E-state index is 12.9.